The molecule has 0 saturated carbocycles. The van der Waals surface area contributed by atoms with Gasteiger partial charge >= 0.3 is 0 Å². The van der Waals surface area contributed by atoms with Gasteiger partial charge in [0.05, 0.1) is 5.02 Å². The average molecular weight is 279 g/mol. The molecule has 0 aliphatic heterocycles. The van der Waals surface area contributed by atoms with Crippen LogP contribution in [0.3, 0.4) is 0 Å². The highest BCUT2D eigenvalue weighted by atomic mass is 35.5. The van der Waals surface area contributed by atoms with Gasteiger partial charge in [-0.25, -0.2) is 4.39 Å². The van der Waals surface area contributed by atoms with Crippen molar-refractivity contribution in [1.82, 2.24) is 4.98 Å². The number of rotatable bonds is 5. The first-order valence-electron chi connectivity index (χ1n) is 6.22. The summed E-state index contributed by atoms with van der Waals surface area (Å²) in [7, 11) is 0. The van der Waals surface area contributed by atoms with Crippen LogP contribution in [0.25, 0.3) is 0 Å². The van der Waals surface area contributed by atoms with E-state index in [1.807, 2.05) is 6.07 Å². The lowest BCUT2D eigenvalue weighted by Crippen LogP contribution is -2.19. The highest BCUT2D eigenvalue weighted by Crippen LogP contribution is 2.20. The van der Waals surface area contributed by atoms with Crippen LogP contribution in [0.1, 0.15) is 11.1 Å². The van der Waals surface area contributed by atoms with Gasteiger partial charge in [-0.1, -0.05) is 23.7 Å². The molecule has 0 amide bonds. The van der Waals surface area contributed by atoms with E-state index in [-0.39, 0.29) is 11.7 Å². The van der Waals surface area contributed by atoms with E-state index in [2.05, 4.69) is 4.98 Å². The van der Waals surface area contributed by atoms with Crippen molar-refractivity contribution in [3.05, 3.63) is 64.7 Å². The fourth-order valence-electron chi connectivity index (χ4n) is 2.07. The van der Waals surface area contributed by atoms with Crippen LogP contribution in [0.15, 0.2) is 42.7 Å². The Kier molecular flexibility index (Phi) is 4.88. The summed E-state index contributed by atoms with van der Waals surface area (Å²) in [4.78, 5) is 3.97. The molecular weight excluding hydrogens is 263 g/mol. The van der Waals surface area contributed by atoms with Crippen molar-refractivity contribution < 1.29 is 4.39 Å². The third-order valence-corrected chi connectivity index (χ3v) is 3.48. The molecule has 0 spiro atoms. The van der Waals surface area contributed by atoms with Crippen molar-refractivity contribution in [2.45, 2.75) is 12.8 Å². The molecule has 2 nitrogen and oxygen atoms in total. The zero-order valence-electron chi connectivity index (χ0n) is 10.5. The SMILES string of the molecule is NCC(Cc1ccc(F)cc1)Cc1ccncc1Cl. The fourth-order valence-corrected chi connectivity index (χ4v) is 2.27. The minimum absolute atomic E-state index is 0.217. The fraction of sp³-hybridized carbons (Fsp3) is 0.267. The molecule has 2 aromatic rings. The van der Waals surface area contributed by atoms with Gasteiger partial charge in [0.2, 0.25) is 0 Å². The predicted molar refractivity (Wildman–Crippen MR) is 75.6 cm³/mol. The van der Waals surface area contributed by atoms with Crippen LogP contribution < -0.4 is 5.73 Å². The third-order valence-electron chi connectivity index (χ3n) is 3.14. The quantitative estimate of drug-likeness (QED) is 0.912. The molecule has 2 rings (SSSR count). The number of hydrogen-bond donors (Lipinski definition) is 1. The second-order valence-corrected chi connectivity index (χ2v) is 5.01. The van der Waals surface area contributed by atoms with Gasteiger partial charge in [-0.2, -0.15) is 0 Å². The van der Waals surface area contributed by atoms with Crippen LogP contribution in [0.4, 0.5) is 4.39 Å². The van der Waals surface area contributed by atoms with Crippen molar-refractivity contribution in [2.24, 2.45) is 11.7 Å². The monoisotopic (exact) mass is 278 g/mol. The van der Waals surface area contributed by atoms with Crippen LogP contribution in [-0.2, 0) is 12.8 Å². The summed E-state index contributed by atoms with van der Waals surface area (Å²) in [5.41, 5.74) is 7.95. The molecule has 4 heteroatoms. The van der Waals surface area contributed by atoms with Gasteiger partial charge in [0.25, 0.3) is 0 Å². The Balaban J connectivity index is 2.05. The van der Waals surface area contributed by atoms with Crippen LogP contribution in [0, 0.1) is 11.7 Å². The molecule has 100 valence electrons. The van der Waals surface area contributed by atoms with Crippen molar-refractivity contribution in [2.75, 3.05) is 6.54 Å². The summed E-state index contributed by atoms with van der Waals surface area (Å²) in [5, 5.41) is 0.667. The average Bonchev–Trinajstić information content (AvgIpc) is 2.43. The lowest BCUT2D eigenvalue weighted by atomic mass is 9.93. The van der Waals surface area contributed by atoms with Gasteiger partial charge in [-0.3, -0.25) is 4.98 Å². The van der Waals surface area contributed by atoms with Crippen LogP contribution in [0.5, 0.6) is 0 Å². The Morgan fingerprint density at radius 3 is 2.53 bits per heavy atom. The maximum Gasteiger partial charge on any atom is 0.123 e. The molecule has 1 heterocycles. The molecular formula is C15H16ClFN2. The molecule has 2 N–H and O–H groups in total. The highest BCUT2D eigenvalue weighted by molar-refractivity contribution is 6.31. The molecule has 0 aliphatic carbocycles. The molecule has 19 heavy (non-hydrogen) atoms. The summed E-state index contributed by atoms with van der Waals surface area (Å²) in [5.74, 6) is 0.0654. The largest absolute Gasteiger partial charge is 0.330 e. The number of nitrogens with two attached hydrogens (primary N) is 1. The van der Waals surface area contributed by atoms with Gasteiger partial charge in [0.15, 0.2) is 0 Å². The summed E-state index contributed by atoms with van der Waals surface area (Å²) >= 11 is 6.10. The van der Waals surface area contributed by atoms with E-state index >= 15 is 0 Å². The number of hydrogen-bond acceptors (Lipinski definition) is 2. The van der Waals surface area contributed by atoms with E-state index < -0.39 is 0 Å². The first-order chi connectivity index (χ1) is 9.19. The molecule has 0 radical (unpaired) electrons. The molecule has 1 atom stereocenters. The molecule has 0 saturated heterocycles. The van der Waals surface area contributed by atoms with Crippen molar-refractivity contribution in [3.63, 3.8) is 0 Å². The van der Waals surface area contributed by atoms with Crippen molar-refractivity contribution in [3.8, 4) is 0 Å². The second-order valence-electron chi connectivity index (χ2n) is 4.60. The Labute approximate surface area is 117 Å². The minimum atomic E-state index is -0.217. The molecule has 1 aromatic heterocycles. The maximum absolute atomic E-state index is 12.9. The minimum Gasteiger partial charge on any atom is -0.330 e. The molecule has 1 unspecified atom stereocenters. The number of benzene rings is 1. The van der Waals surface area contributed by atoms with Crippen molar-refractivity contribution in [1.29, 1.82) is 0 Å². The second kappa shape index (κ2) is 6.64. The Morgan fingerprint density at radius 1 is 1.16 bits per heavy atom. The van der Waals surface area contributed by atoms with Crippen molar-refractivity contribution >= 4 is 11.6 Å². The van der Waals surface area contributed by atoms with Gasteiger partial charge in [-0.05, 0) is 54.6 Å². The summed E-state index contributed by atoms with van der Waals surface area (Å²) in [6.07, 6.45) is 4.99. The topological polar surface area (TPSA) is 38.9 Å². The maximum atomic E-state index is 12.9. The number of halogens is 2. The van der Waals surface area contributed by atoms with E-state index in [4.69, 9.17) is 17.3 Å². The molecule has 0 fully saturated rings. The van der Waals surface area contributed by atoms with Gasteiger partial charge in [0.1, 0.15) is 5.82 Å². The van der Waals surface area contributed by atoms with E-state index in [0.29, 0.717) is 11.6 Å². The van der Waals surface area contributed by atoms with Crippen LogP contribution >= 0.6 is 11.6 Å². The first-order valence-corrected chi connectivity index (χ1v) is 6.59. The smallest absolute Gasteiger partial charge is 0.123 e. The highest BCUT2D eigenvalue weighted by Gasteiger charge is 2.11. The van der Waals surface area contributed by atoms with E-state index in [1.165, 1.54) is 12.1 Å². The van der Waals surface area contributed by atoms with E-state index in [0.717, 1.165) is 24.0 Å². The molecule has 0 bridgehead atoms. The lowest BCUT2D eigenvalue weighted by Gasteiger charge is -2.15. The van der Waals surface area contributed by atoms with E-state index in [9.17, 15) is 4.39 Å². The standard InChI is InChI=1S/C15H16ClFN2/c16-15-10-19-6-5-13(15)8-12(9-18)7-11-1-3-14(17)4-2-11/h1-6,10,12H,7-9,18H2. The van der Waals surface area contributed by atoms with Gasteiger partial charge < -0.3 is 5.73 Å². The summed E-state index contributed by atoms with van der Waals surface area (Å²) in [6, 6.07) is 8.46. The first kappa shape index (κ1) is 14.0. The lowest BCUT2D eigenvalue weighted by molar-refractivity contribution is 0.532. The molecule has 1 aromatic carbocycles. The van der Waals surface area contributed by atoms with Gasteiger partial charge in [0, 0.05) is 12.4 Å². The van der Waals surface area contributed by atoms with Crippen LogP contribution in [-0.4, -0.2) is 11.5 Å². The normalized spacial score (nSPS) is 12.4. The Bertz CT molecular complexity index is 528. The van der Waals surface area contributed by atoms with Gasteiger partial charge in [-0.15, -0.1) is 0 Å². The Hall–Kier alpha value is -1.45. The zero-order chi connectivity index (χ0) is 13.7. The number of aromatic nitrogens is 1. The Morgan fingerprint density at radius 2 is 1.89 bits per heavy atom. The number of pyridine rings is 1. The third kappa shape index (κ3) is 4.01. The van der Waals surface area contributed by atoms with E-state index in [1.54, 1.807) is 24.5 Å². The van der Waals surface area contributed by atoms with Crippen LogP contribution in [0.2, 0.25) is 5.02 Å². The molecule has 0 aliphatic rings. The zero-order valence-corrected chi connectivity index (χ0v) is 11.3. The predicted octanol–water partition coefficient (Wildman–Crippen LogP) is 3.23. The summed E-state index contributed by atoms with van der Waals surface area (Å²) in [6.45, 7) is 0.566. The summed E-state index contributed by atoms with van der Waals surface area (Å²) < 4.78 is 12.9. The number of nitrogens with zero attached hydrogens (tertiary/aromatic N) is 1.